The lowest BCUT2D eigenvalue weighted by Gasteiger charge is -2.22. The number of carbonyl (C=O) groups excluding carboxylic acids is 1. The van der Waals surface area contributed by atoms with Gasteiger partial charge in [-0.15, -0.1) is 12.4 Å². The van der Waals surface area contributed by atoms with Crippen molar-refractivity contribution in [1.82, 2.24) is 9.88 Å². The average Bonchev–Trinajstić information content (AvgIpc) is 3.28. The highest BCUT2D eigenvalue weighted by Crippen LogP contribution is 2.30. The lowest BCUT2D eigenvalue weighted by molar-refractivity contribution is 0.0985. The van der Waals surface area contributed by atoms with Gasteiger partial charge < -0.3 is 9.64 Å². The smallest absolute Gasteiger partial charge is 0.261 e. The Bertz CT molecular complexity index is 1390. The van der Waals surface area contributed by atoms with Crippen molar-refractivity contribution in [2.45, 2.75) is 4.90 Å². The van der Waals surface area contributed by atoms with Crippen molar-refractivity contribution in [3.8, 4) is 5.75 Å². The maximum absolute atomic E-state index is 13.4. The van der Waals surface area contributed by atoms with Crippen LogP contribution < -0.4 is 14.4 Å². The van der Waals surface area contributed by atoms with E-state index in [1.54, 1.807) is 41.3 Å². The molecule has 0 spiro atoms. The maximum atomic E-state index is 13.4. The number of hydrogen-bond acceptors (Lipinski definition) is 7. The van der Waals surface area contributed by atoms with Gasteiger partial charge >= 0.3 is 0 Å². The second-order valence-corrected chi connectivity index (χ2v) is 10.8. The van der Waals surface area contributed by atoms with Gasteiger partial charge in [0, 0.05) is 24.3 Å². The van der Waals surface area contributed by atoms with Gasteiger partial charge in [-0.2, -0.15) is 0 Å². The molecule has 0 atom stereocenters. The number of anilines is 2. The van der Waals surface area contributed by atoms with Crippen LogP contribution in [0.25, 0.3) is 10.2 Å². The predicted molar refractivity (Wildman–Crippen MR) is 147 cm³/mol. The lowest BCUT2D eigenvalue weighted by atomic mass is 10.2. The third kappa shape index (κ3) is 6.33. The molecule has 0 saturated heterocycles. The van der Waals surface area contributed by atoms with E-state index in [2.05, 4.69) is 9.71 Å². The highest BCUT2D eigenvalue weighted by atomic mass is 35.5. The van der Waals surface area contributed by atoms with E-state index < -0.39 is 10.0 Å². The molecule has 0 bridgehead atoms. The van der Waals surface area contributed by atoms with Crippen LogP contribution in [0.5, 0.6) is 5.75 Å². The molecule has 0 aliphatic heterocycles. The van der Waals surface area contributed by atoms with E-state index in [0.717, 1.165) is 10.2 Å². The molecule has 0 aliphatic rings. The van der Waals surface area contributed by atoms with Gasteiger partial charge in [0.1, 0.15) is 5.75 Å². The summed E-state index contributed by atoms with van der Waals surface area (Å²) in [6.45, 7) is 1.14. The zero-order valence-corrected chi connectivity index (χ0v) is 22.5. The Morgan fingerprint density at radius 2 is 1.64 bits per heavy atom. The number of ether oxygens (including phenoxy) is 1. The highest BCUT2D eigenvalue weighted by Gasteiger charge is 2.22. The van der Waals surface area contributed by atoms with Crippen molar-refractivity contribution in [2.24, 2.45) is 0 Å². The summed E-state index contributed by atoms with van der Waals surface area (Å²) < 4.78 is 34.0. The van der Waals surface area contributed by atoms with Gasteiger partial charge in [-0.25, -0.2) is 13.4 Å². The van der Waals surface area contributed by atoms with Gasteiger partial charge in [-0.1, -0.05) is 23.5 Å². The van der Waals surface area contributed by atoms with Crippen LogP contribution in [0.2, 0.25) is 0 Å². The number of carbonyl (C=O) groups is 1. The summed E-state index contributed by atoms with van der Waals surface area (Å²) in [5.74, 6) is 0.370. The number of nitrogens with one attached hydrogen (secondary N) is 1. The van der Waals surface area contributed by atoms with Crippen molar-refractivity contribution in [3.63, 3.8) is 0 Å². The van der Waals surface area contributed by atoms with Crippen LogP contribution in [0.4, 0.5) is 10.8 Å². The first-order chi connectivity index (χ1) is 16.8. The number of fused-ring (bicyclic) bond motifs is 1. The maximum Gasteiger partial charge on any atom is 0.261 e. The van der Waals surface area contributed by atoms with E-state index in [0.29, 0.717) is 35.2 Å². The number of amides is 1. The van der Waals surface area contributed by atoms with Crippen LogP contribution in [0.15, 0.2) is 77.7 Å². The van der Waals surface area contributed by atoms with Gasteiger partial charge in [0.05, 0.1) is 22.2 Å². The van der Waals surface area contributed by atoms with Crippen molar-refractivity contribution in [1.29, 1.82) is 0 Å². The molecule has 1 aromatic heterocycles. The summed E-state index contributed by atoms with van der Waals surface area (Å²) in [5.41, 5.74) is 1.64. The monoisotopic (exact) mass is 546 g/mol. The quantitative estimate of drug-likeness (QED) is 0.326. The van der Waals surface area contributed by atoms with Crippen molar-refractivity contribution >= 4 is 60.7 Å². The summed E-state index contributed by atoms with van der Waals surface area (Å²) in [4.78, 5) is 21.9. The molecular weight excluding hydrogens is 520 g/mol. The molecule has 11 heteroatoms. The standard InChI is InChI=1S/C25H26N4O4S2.ClH/c1-28(2)16-17-29(25-26-22-6-4-5-7-23(22)34-25)24(30)18-8-10-19(11-9-18)27-35(31,32)21-14-12-20(33-3)13-15-21;/h4-15,27H,16-17H2,1-3H3;1H. The second kappa shape index (κ2) is 11.7. The van der Waals surface area contributed by atoms with Gasteiger partial charge in [-0.3, -0.25) is 14.4 Å². The van der Waals surface area contributed by atoms with Crippen LogP contribution >= 0.6 is 23.7 Å². The third-order valence-electron chi connectivity index (χ3n) is 5.28. The minimum Gasteiger partial charge on any atom is -0.497 e. The minimum atomic E-state index is -3.78. The fraction of sp³-hybridized carbons (Fsp3) is 0.200. The molecule has 1 heterocycles. The fourth-order valence-corrected chi connectivity index (χ4v) is 5.41. The molecule has 8 nitrogen and oxygen atoms in total. The molecule has 190 valence electrons. The Labute approximate surface area is 221 Å². The number of thiazole rings is 1. The molecule has 0 radical (unpaired) electrons. The minimum absolute atomic E-state index is 0. The Balaban J connectivity index is 0.00000361. The molecule has 4 rings (SSSR count). The average molecular weight is 547 g/mol. The summed E-state index contributed by atoms with van der Waals surface area (Å²) >= 11 is 1.47. The van der Waals surface area contributed by atoms with E-state index in [4.69, 9.17) is 4.74 Å². The topological polar surface area (TPSA) is 91.8 Å². The fourth-order valence-electron chi connectivity index (χ4n) is 3.37. The molecule has 0 unspecified atom stereocenters. The number of sulfonamides is 1. The van der Waals surface area contributed by atoms with Crippen LogP contribution in [0.3, 0.4) is 0 Å². The summed E-state index contributed by atoms with van der Waals surface area (Å²) in [5, 5.41) is 0.627. The third-order valence-corrected chi connectivity index (χ3v) is 7.74. The summed E-state index contributed by atoms with van der Waals surface area (Å²) in [6, 6.07) is 20.3. The van der Waals surface area contributed by atoms with Gasteiger partial charge in [0.2, 0.25) is 0 Å². The largest absolute Gasteiger partial charge is 0.497 e. The van der Waals surface area contributed by atoms with E-state index in [-0.39, 0.29) is 23.2 Å². The van der Waals surface area contributed by atoms with E-state index in [1.807, 2.05) is 43.3 Å². The number of likely N-dealkylation sites (N-methyl/N-ethyl adjacent to an activating group) is 1. The SMILES string of the molecule is COc1ccc(S(=O)(=O)Nc2ccc(C(=O)N(CCN(C)C)c3nc4ccccc4s3)cc2)cc1.Cl. The van der Waals surface area contributed by atoms with E-state index >= 15 is 0 Å². The molecule has 36 heavy (non-hydrogen) atoms. The molecule has 1 amide bonds. The van der Waals surface area contributed by atoms with Crippen LogP contribution in [-0.4, -0.2) is 58.5 Å². The number of aromatic nitrogens is 1. The summed E-state index contributed by atoms with van der Waals surface area (Å²) in [6.07, 6.45) is 0. The molecule has 0 fully saturated rings. The zero-order valence-electron chi connectivity index (χ0n) is 20.0. The van der Waals surface area contributed by atoms with E-state index in [9.17, 15) is 13.2 Å². The molecule has 1 N–H and O–H groups in total. The predicted octanol–water partition coefficient (Wildman–Crippen LogP) is 4.74. The van der Waals surface area contributed by atoms with Gasteiger partial charge in [0.15, 0.2) is 5.13 Å². The van der Waals surface area contributed by atoms with Crippen molar-refractivity contribution < 1.29 is 17.9 Å². The number of nitrogens with zero attached hydrogens (tertiary/aromatic N) is 3. The Morgan fingerprint density at radius 1 is 0.972 bits per heavy atom. The number of halogens is 1. The first-order valence-corrected chi connectivity index (χ1v) is 13.2. The van der Waals surface area contributed by atoms with E-state index in [1.165, 1.54) is 30.6 Å². The number of para-hydroxylation sites is 1. The zero-order chi connectivity index (χ0) is 25.0. The number of rotatable bonds is 9. The number of methoxy groups -OCH3 is 1. The molecule has 4 aromatic rings. The number of hydrogen-bond donors (Lipinski definition) is 1. The molecule has 3 aromatic carbocycles. The van der Waals surface area contributed by atoms with Gasteiger partial charge in [-0.05, 0) is 74.8 Å². The first-order valence-electron chi connectivity index (χ1n) is 10.9. The normalized spacial score (nSPS) is 11.2. The lowest BCUT2D eigenvalue weighted by Crippen LogP contribution is -2.36. The highest BCUT2D eigenvalue weighted by molar-refractivity contribution is 7.92. The second-order valence-electron chi connectivity index (χ2n) is 8.08. The van der Waals surface area contributed by atoms with Crippen LogP contribution in [-0.2, 0) is 10.0 Å². The Kier molecular flexibility index (Phi) is 8.91. The Morgan fingerprint density at radius 3 is 2.25 bits per heavy atom. The molecule has 0 aliphatic carbocycles. The first kappa shape index (κ1) is 27.4. The summed E-state index contributed by atoms with van der Waals surface area (Å²) in [7, 11) is 1.64. The Hall–Kier alpha value is -3.18. The molecule has 0 saturated carbocycles. The van der Waals surface area contributed by atoms with Crippen molar-refractivity contribution in [2.75, 3.05) is 43.9 Å². The van der Waals surface area contributed by atoms with Crippen LogP contribution in [0.1, 0.15) is 10.4 Å². The van der Waals surface area contributed by atoms with Crippen LogP contribution in [0, 0.1) is 0 Å². The number of benzene rings is 3. The van der Waals surface area contributed by atoms with Crippen molar-refractivity contribution in [3.05, 3.63) is 78.4 Å². The van der Waals surface area contributed by atoms with Gasteiger partial charge in [0.25, 0.3) is 15.9 Å². The molecular formula is C25H27ClN4O4S2.